The summed E-state index contributed by atoms with van der Waals surface area (Å²) in [4.78, 5) is 4.25. The Hall–Kier alpha value is -2.27. The Balaban J connectivity index is 1.79. The predicted molar refractivity (Wildman–Crippen MR) is 81.6 cm³/mol. The van der Waals surface area contributed by atoms with Gasteiger partial charge >= 0.3 is 0 Å². The van der Waals surface area contributed by atoms with Crippen molar-refractivity contribution < 1.29 is 9.84 Å². The van der Waals surface area contributed by atoms with Gasteiger partial charge in [-0.25, -0.2) is 4.98 Å². The Morgan fingerprint density at radius 3 is 3.05 bits per heavy atom. The quantitative estimate of drug-likeness (QED) is 0.769. The lowest BCUT2D eigenvalue weighted by atomic mass is 10.2. The molecule has 0 saturated heterocycles. The maximum atomic E-state index is 10.0. The highest BCUT2D eigenvalue weighted by atomic mass is 32.1. The summed E-state index contributed by atoms with van der Waals surface area (Å²) >= 11 is 1.61. The summed E-state index contributed by atoms with van der Waals surface area (Å²) in [7, 11) is 1.55. The number of para-hydroxylation sites is 1. The van der Waals surface area contributed by atoms with Crippen LogP contribution in [0.5, 0.6) is 11.5 Å². The van der Waals surface area contributed by atoms with Gasteiger partial charge in [0.2, 0.25) is 0 Å². The number of methoxy groups -OCH3 is 1. The summed E-state index contributed by atoms with van der Waals surface area (Å²) in [5, 5.41) is 13.3. The van der Waals surface area contributed by atoms with Gasteiger partial charge in [-0.3, -0.25) is 0 Å². The van der Waals surface area contributed by atoms with E-state index in [9.17, 15) is 5.11 Å². The number of aromatic hydroxyl groups is 1. The van der Waals surface area contributed by atoms with Crippen molar-refractivity contribution in [3.8, 4) is 11.5 Å². The SMILES string of the molecule is COc1cccc(CNc2ccc3ncsc3c2)c1O. The zero-order valence-corrected chi connectivity index (χ0v) is 11.8. The predicted octanol–water partition coefficient (Wildman–Crippen LogP) is 3.62. The first-order valence-electron chi connectivity index (χ1n) is 6.20. The number of benzene rings is 2. The van der Waals surface area contributed by atoms with Gasteiger partial charge < -0.3 is 15.2 Å². The van der Waals surface area contributed by atoms with Gasteiger partial charge in [-0.2, -0.15) is 0 Å². The number of thiazole rings is 1. The number of phenolic OH excluding ortho intramolecular Hbond substituents is 1. The van der Waals surface area contributed by atoms with Gasteiger partial charge in [0, 0.05) is 17.8 Å². The van der Waals surface area contributed by atoms with Gasteiger partial charge in [0.05, 0.1) is 22.8 Å². The fraction of sp³-hybridized carbons (Fsp3) is 0.133. The molecule has 3 aromatic rings. The van der Waals surface area contributed by atoms with E-state index in [4.69, 9.17) is 4.74 Å². The first-order valence-corrected chi connectivity index (χ1v) is 7.08. The molecule has 0 aliphatic heterocycles. The minimum Gasteiger partial charge on any atom is -0.504 e. The van der Waals surface area contributed by atoms with Crippen LogP contribution in [0.3, 0.4) is 0 Å². The zero-order chi connectivity index (χ0) is 13.9. The minimum absolute atomic E-state index is 0.182. The third-order valence-corrected chi connectivity index (χ3v) is 3.91. The van der Waals surface area contributed by atoms with E-state index in [0.717, 1.165) is 21.5 Å². The fourth-order valence-electron chi connectivity index (χ4n) is 2.04. The normalized spacial score (nSPS) is 10.7. The highest BCUT2D eigenvalue weighted by molar-refractivity contribution is 7.16. The van der Waals surface area contributed by atoms with Crippen LogP contribution < -0.4 is 10.1 Å². The number of nitrogens with zero attached hydrogens (tertiary/aromatic N) is 1. The summed E-state index contributed by atoms with van der Waals surface area (Å²) in [6.45, 7) is 0.535. The van der Waals surface area contributed by atoms with Crippen LogP contribution >= 0.6 is 11.3 Å². The summed E-state index contributed by atoms with van der Waals surface area (Å²) in [6.07, 6.45) is 0. The number of hydrogen-bond donors (Lipinski definition) is 2. The van der Waals surface area contributed by atoms with Gasteiger partial charge in [0.25, 0.3) is 0 Å². The number of hydrogen-bond acceptors (Lipinski definition) is 5. The summed E-state index contributed by atoms with van der Waals surface area (Å²) < 4.78 is 6.24. The maximum Gasteiger partial charge on any atom is 0.162 e. The van der Waals surface area contributed by atoms with Gasteiger partial charge in [0.15, 0.2) is 11.5 Å². The molecular formula is C15H14N2O2S. The van der Waals surface area contributed by atoms with E-state index in [1.165, 1.54) is 0 Å². The number of nitrogens with one attached hydrogen (secondary N) is 1. The van der Waals surface area contributed by atoms with E-state index in [-0.39, 0.29) is 5.75 Å². The molecule has 102 valence electrons. The lowest BCUT2D eigenvalue weighted by molar-refractivity contribution is 0.371. The average molecular weight is 286 g/mol. The van der Waals surface area contributed by atoms with Crippen LogP contribution in [-0.4, -0.2) is 17.2 Å². The monoisotopic (exact) mass is 286 g/mol. The Labute approximate surface area is 120 Å². The van der Waals surface area contributed by atoms with Crippen molar-refractivity contribution in [1.82, 2.24) is 4.98 Å². The Morgan fingerprint density at radius 1 is 1.30 bits per heavy atom. The number of ether oxygens (including phenoxy) is 1. The van der Waals surface area contributed by atoms with Crippen LogP contribution in [0.1, 0.15) is 5.56 Å². The fourth-order valence-corrected chi connectivity index (χ4v) is 2.75. The van der Waals surface area contributed by atoms with Crippen molar-refractivity contribution in [3.63, 3.8) is 0 Å². The molecule has 0 radical (unpaired) electrons. The molecule has 0 fully saturated rings. The molecule has 1 aromatic heterocycles. The van der Waals surface area contributed by atoms with Crippen LogP contribution in [0.4, 0.5) is 5.69 Å². The molecule has 4 nitrogen and oxygen atoms in total. The summed E-state index contributed by atoms with van der Waals surface area (Å²) in [5.41, 5.74) is 4.64. The van der Waals surface area contributed by atoms with Crippen LogP contribution in [0, 0.1) is 0 Å². The van der Waals surface area contributed by atoms with E-state index in [0.29, 0.717) is 12.3 Å². The van der Waals surface area contributed by atoms with Gasteiger partial charge in [-0.05, 0) is 24.3 Å². The van der Waals surface area contributed by atoms with E-state index in [1.807, 2.05) is 29.8 Å². The smallest absolute Gasteiger partial charge is 0.162 e. The molecule has 0 amide bonds. The van der Waals surface area contributed by atoms with Crippen LogP contribution in [0.15, 0.2) is 41.9 Å². The van der Waals surface area contributed by atoms with Crippen LogP contribution in [0.2, 0.25) is 0 Å². The summed E-state index contributed by atoms with van der Waals surface area (Å²) in [5.74, 6) is 0.670. The molecule has 0 atom stereocenters. The molecule has 3 rings (SSSR count). The van der Waals surface area contributed by atoms with Crippen molar-refractivity contribution in [3.05, 3.63) is 47.5 Å². The van der Waals surface area contributed by atoms with E-state index < -0.39 is 0 Å². The largest absolute Gasteiger partial charge is 0.504 e. The molecule has 5 heteroatoms. The van der Waals surface area contributed by atoms with Gasteiger partial charge in [0.1, 0.15) is 0 Å². The second-order valence-corrected chi connectivity index (χ2v) is 5.24. The van der Waals surface area contributed by atoms with Gasteiger partial charge in [-0.15, -0.1) is 11.3 Å². The average Bonchev–Trinajstić information content (AvgIpc) is 2.93. The molecule has 0 aliphatic rings. The zero-order valence-electron chi connectivity index (χ0n) is 11.0. The molecule has 0 bridgehead atoms. The molecule has 0 aliphatic carbocycles. The number of anilines is 1. The maximum absolute atomic E-state index is 10.0. The second kappa shape index (κ2) is 5.38. The summed E-state index contributed by atoms with van der Waals surface area (Å²) in [6, 6.07) is 11.5. The highest BCUT2D eigenvalue weighted by Crippen LogP contribution is 2.30. The Bertz CT molecular complexity index is 740. The van der Waals surface area contributed by atoms with E-state index >= 15 is 0 Å². The van der Waals surface area contributed by atoms with Crippen molar-refractivity contribution in [2.75, 3.05) is 12.4 Å². The lowest BCUT2D eigenvalue weighted by Gasteiger charge is -2.10. The van der Waals surface area contributed by atoms with Gasteiger partial charge in [-0.1, -0.05) is 12.1 Å². The molecule has 1 heterocycles. The van der Waals surface area contributed by atoms with Crippen molar-refractivity contribution in [1.29, 1.82) is 0 Å². The third kappa shape index (κ3) is 2.40. The van der Waals surface area contributed by atoms with E-state index in [1.54, 1.807) is 24.5 Å². The number of phenols is 1. The second-order valence-electron chi connectivity index (χ2n) is 4.36. The lowest BCUT2D eigenvalue weighted by Crippen LogP contribution is -2.00. The molecule has 2 aromatic carbocycles. The molecule has 2 N–H and O–H groups in total. The van der Waals surface area contributed by atoms with Crippen molar-refractivity contribution >= 4 is 27.2 Å². The van der Waals surface area contributed by atoms with Crippen LogP contribution in [-0.2, 0) is 6.54 Å². The standard InChI is InChI=1S/C15H14N2O2S/c1-19-13-4-2-3-10(15(13)18)8-16-11-5-6-12-14(7-11)20-9-17-12/h2-7,9,16,18H,8H2,1H3. The van der Waals surface area contributed by atoms with Crippen molar-refractivity contribution in [2.24, 2.45) is 0 Å². The highest BCUT2D eigenvalue weighted by Gasteiger charge is 2.07. The Kier molecular flexibility index (Phi) is 3.43. The number of rotatable bonds is 4. The number of aromatic nitrogens is 1. The third-order valence-electron chi connectivity index (χ3n) is 3.12. The number of fused-ring (bicyclic) bond motifs is 1. The first-order chi connectivity index (χ1) is 9.78. The minimum atomic E-state index is 0.182. The van der Waals surface area contributed by atoms with E-state index in [2.05, 4.69) is 16.4 Å². The molecule has 0 saturated carbocycles. The molecule has 0 unspecified atom stereocenters. The first kappa shape index (κ1) is 12.7. The van der Waals surface area contributed by atoms with Crippen molar-refractivity contribution in [2.45, 2.75) is 6.54 Å². The Morgan fingerprint density at radius 2 is 2.20 bits per heavy atom. The molecule has 0 spiro atoms. The molecular weight excluding hydrogens is 272 g/mol. The molecule has 20 heavy (non-hydrogen) atoms. The topological polar surface area (TPSA) is 54.4 Å². The van der Waals surface area contributed by atoms with Crippen LogP contribution in [0.25, 0.3) is 10.2 Å².